The van der Waals surface area contributed by atoms with Gasteiger partial charge in [-0.15, -0.1) is 0 Å². The van der Waals surface area contributed by atoms with Crippen molar-refractivity contribution in [3.63, 3.8) is 0 Å². The first-order valence-electron chi connectivity index (χ1n) is 7.55. The first-order chi connectivity index (χ1) is 11.1. The Hall–Kier alpha value is -2.32. The molecule has 2 aromatic heterocycles. The molecule has 0 spiro atoms. The summed E-state index contributed by atoms with van der Waals surface area (Å²) in [6.07, 6.45) is 1.82. The Morgan fingerprint density at radius 3 is 2.61 bits per heavy atom. The molecule has 1 aromatic carbocycles. The molecule has 4 rings (SSSR count). The van der Waals surface area contributed by atoms with Gasteiger partial charge < -0.3 is 0 Å². The number of nitrogens with zero attached hydrogens (tertiary/aromatic N) is 4. The van der Waals surface area contributed by atoms with E-state index in [1.807, 2.05) is 18.0 Å². The summed E-state index contributed by atoms with van der Waals surface area (Å²) >= 11 is 1.86. The molecule has 0 radical (unpaired) electrons. The van der Waals surface area contributed by atoms with E-state index in [0.717, 1.165) is 45.2 Å². The number of hydrogen-bond acceptors (Lipinski definition) is 4. The number of rotatable bonds is 1. The highest BCUT2D eigenvalue weighted by molar-refractivity contribution is 7.98. The van der Waals surface area contributed by atoms with Crippen LogP contribution >= 0.6 is 11.8 Å². The highest BCUT2D eigenvalue weighted by Crippen LogP contribution is 2.34. The van der Waals surface area contributed by atoms with E-state index in [9.17, 15) is 5.26 Å². The van der Waals surface area contributed by atoms with Crippen LogP contribution in [0.25, 0.3) is 16.9 Å². The van der Waals surface area contributed by atoms with Gasteiger partial charge in [-0.25, -0.2) is 9.50 Å². The maximum atomic E-state index is 9.59. The average molecular weight is 320 g/mol. The third-order valence-electron chi connectivity index (χ3n) is 4.31. The molecule has 1 aliphatic heterocycles. The lowest BCUT2D eigenvalue weighted by Crippen LogP contribution is -2.01. The molecule has 3 aromatic rings. The lowest BCUT2D eigenvalue weighted by molar-refractivity contribution is 0.911. The Kier molecular flexibility index (Phi) is 3.17. The first-order valence-corrected chi connectivity index (χ1v) is 8.71. The molecular weight excluding hydrogens is 304 g/mol. The van der Waals surface area contributed by atoms with Crippen molar-refractivity contribution in [1.29, 1.82) is 5.26 Å². The van der Waals surface area contributed by atoms with Crippen LogP contribution in [0.1, 0.15) is 33.5 Å². The van der Waals surface area contributed by atoms with Crippen molar-refractivity contribution in [1.82, 2.24) is 14.6 Å². The number of aromatic nitrogens is 3. The van der Waals surface area contributed by atoms with E-state index in [4.69, 9.17) is 4.98 Å². The van der Waals surface area contributed by atoms with Crippen LogP contribution in [0.3, 0.4) is 0 Å². The molecule has 23 heavy (non-hydrogen) atoms. The summed E-state index contributed by atoms with van der Waals surface area (Å²) in [5, 5.41) is 14.2. The van der Waals surface area contributed by atoms with Gasteiger partial charge in [0.1, 0.15) is 6.07 Å². The lowest BCUT2D eigenvalue weighted by atomic mass is 9.95. The Bertz CT molecular complexity index is 971. The third-order valence-corrected chi connectivity index (χ3v) is 5.28. The van der Waals surface area contributed by atoms with E-state index in [2.05, 4.69) is 44.1 Å². The van der Waals surface area contributed by atoms with Gasteiger partial charge in [0.05, 0.1) is 23.1 Å². The molecule has 114 valence electrons. The van der Waals surface area contributed by atoms with Crippen LogP contribution in [0.15, 0.2) is 18.3 Å². The predicted octanol–water partition coefficient (Wildman–Crippen LogP) is 3.94. The standard InChI is InChI=1S/C18H16N4S/c1-10-4-11(2)16(12(3)5-10)17-13(6-19)7-22-18(20-17)14-8-23-9-15(14)21-22/h4-5,7H,8-9H2,1-3H3. The topological polar surface area (TPSA) is 54.0 Å². The summed E-state index contributed by atoms with van der Waals surface area (Å²) in [4.78, 5) is 4.86. The molecular formula is C18H16N4S. The second kappa shape index (κ2) is 5.10. The van der Waals surface area contributed by atoms with Gasteiger partial charge in [-0.3, -0.25) is 0 Å². The van der Waals surface area contributed by atoms with Crippen LogP contribution in [0.5, 0.6) is 0 Å². The summed E-state index contributed by atoms with van der Waals surface area (Å²) in [5.41, 5.74) is 9.14. The van der Waals surface area contributed by atoms with Gasteiger partial charge in [0.15, 0.2) is 5.65 Å². The molecule has 0 N–H and O–H groups in total. The Morgan fingerprint density at radius 2 is 1.91 bits per heavy atom. The van der Waals surface area contributed by atoms with Crippen molar-refractivity contribution in [2.75, 3.05) is 0 Å². The van der Waals surface area contributed by atoms with Gasteiger partial charge in [-0.05, 0) is 31.9 Å². The Labute approximate surface area is 139 Å². The van der Waals surface area contributed by atoms with Crippen LogP contribution in [0, 0.1) is 32.1 Å². The van der Waals surface area contributed by atoms with Crippen molar-refractivity contribution >= 4 is 17.4 Å². The highest BCUT2D eigenvalue weighted by Gasteiger charge is 2.22. The van der Waals surface area contributed by atoms with E-state index in [1.54, 1.807) is 4.52 Å². The number of hydrogen-bond donors (Lipinski definition) is 0. The van der Waals surface area contributed by atoms with Gasteiger partial charge in [-0.2, -0.15) is 22.1 Å². The molecule has 0 saturated carbocycles. The molecule has 0 bridgehead atoms. The normalized spacial score (nSPS) is 13.3. The molecule has 4 nitrogen and oxygen atoms in total. The van der Waals surface area contributed by atoms with Gasteiger partial charge in [0.25, 0.3) is 0 Å². The van der Waals surface area contributed by atoms with Gasteiger partial charge in [0, 0.05) is 22.6 Å². The van der Waals surface area contributed by atoms with E-state index >= 15 is 0 Å². The van der Waals surface area contributed by atoms with Crippen molar-refractivity contribution in [3.05, 3.63) is 51.8 Å². The van der Waals surface area contributed by atoms with Crippen molar-refractivity contribution < 1.29 is 0 Å². The summed E-state index contributed by atoms with van der Waals surface area (Å²) in [5.74, 6) is 1.88. The number of fused-ring (bicyclic) bond motifs is 3. The van der Waals surface area contributed by atoms with Crippen LogP contribution in [0.2, 0.25) is 0 Å². The van der Waals surface area contributed by atoms with Crippen LogP contribution < -0.4 is 0 Å². The lowest BCUT2D eigenvalue weighted by Gasteiger charge is -2.12. The number of benzene rings is 1. The van der Waals surface area contributed by atoms with Crippen molar-refractivity contribution in [2.45, 2.75) is 32.3 Å². The fourth-order valence-corrected chi connectivity index (χ4v) is 4.43. The zero-order valence-electron chi connectivity index (χ0n) is 13.3. The van der Waals surface area contributed by atoms with Crippen molar-refractivity contribution in [2.24, 2.45) is 0 Å². The molecule has 5 heteroatoms. The Morgan fingerprint density at radius 1 is 1.17 bits per heavy atom. The summed E-state index contributed by atoms with van der Waals surface area (Å²) in [6.45, 7) is 6.25. The number of aryl methyl sites for hydroxylation is 3. The molecule has 3 heterocycles. The minimum Gasteiger partial charge on any atom is -0.227 e. The Balaban J connectivity index is 2.05. The van der Waals surface area contributed by atoms with Crippen molar-refractivity contribution in [3.8, 4) is 17.3 Å². The molecule has 0 unspecified atom stereocenters. The molecule has 1 aliphatic rings. The summed E-state index contributed by atoms with van der Waals surface area (Å²) in [6, 6.07) is 6.58. The summed E-state index contributed by atoms with van der Waals surface area (Å²) in [7, 11) is 0. The van der Waals surface area contributed by atoms with E-state index in [1.165, 1.54) is 11.1 Å². The fourth-order valence-electron chi connectivity index (χ4n) is 3.40. The molecule has 0 atom stereocenters. The zero-order chi connectivity index (χ0) is 16.1. The van der Waals surface area contributed by atoms with E-state index in [0.29, 0.717) is 5.56 Å². The maximum Gasteiger partial charge on any atom is 0.160 e. The molecule has 0 saturated heterocycles. The second-order valence-electron chi connectivity index (χ2n) is 6.07. The molecule has 0 aliphatic carbocycles. The summed E-state index contributed by atoms with van der Waals surface area (Å²) < 4.78 is 1.77. The average Bonchev–Trinajstić information content (AvgIpc) is 3.06. The quantitative estimate of drug-likeness (QED) is 0.681. The van der Waals surface area contributed by atoms with Gasteiger partial charge in [-0.1, -0.05) is 17.7 Å². The minimum absolute atomic E-state index is 0.571. The van der Waals surface area contributed by atoms with E-state index in [-0.39, 0.29) is 0 Å². The van der Waals surface area contributed by atoms with Crippen LogP contribution in [-0.2, 0) is 11.5 Å². The smallest absolute Gasteiger partial charge is 0.160 e. The molecule has 0 amide bonds. The predicted molar refractivity (Wildman–Crippen MR) is 92.3 cm³/mol. The fraction of sp³-hybridized carbons (Fsp3) is 0.278. The monoisotopic (exact) mass is 320 g/mol. The number of thioether (sulfide) groups is 1. The second-order valence-corrected chi connectivity index (χ2v) is 7.06. The minimum atomic E-state index is 0.571. The van der Waals surface area contributed by atoms with Crippen LogP contribution in [-0.4, -0.2) is 14.6 Å². The van der Waals surface area contributed by atoms with Gasteiger partial charge in [0.2, 0.25) is 0 Å². The van der Waals surface area contributed by atoms with E-state index < -0.39 is 0 Å². The maximum absolute atomic E-state index is 9.59. The largest absolute Gasteiger partial charge is 0.227 e. The number of nitriles is 1. The van der Waals surface area contributed by atoms with Gasteiger partial charge >= 0.3 is 0 Å². The molecule has 0 fully saturated rings. The third kappa shape index (κ3) is 2.13. The highest BCUT2D eigenvalue weighted by atomic mass is 32.2. The first kappa shape index (κ1) is 14.3. The van der Waals surface area contributed by atoms with Crippen LogP contribution in [0.4, 0.5) is 0 Å². The SMILES string of the molecule is Cc1cc(C)c(-c2nc3c4c(nn3cc2C#N)CSC4)c(C)c1. The zero-order valence-corrected chi connectivity index (χ0v) is 14.2.